The van der Waals surface area contributed by atoms with Gasteiger partial charge in [-0.1, -0.05) is 30.1 Å². The average Bonchev–Trinajstić information content (AvgIpc) is 2.49. The lowest BCUT2D eigenvalue weighted by Gasteiger charge is -2.37. The highest BCUT2D eigenvalue weighted by atomic mass is 35.5. The number of benzene rings is 1. The summed E-state index contributed by atoms with van der Waals surface area (Å²) in [7, 11) is 0. The van der Waals surface area contributed by atoms with Crippen molar-refractivity contribution >= 4 is 34.9 Å². The van der Waals surface area contributed by atoms with Gasteiger partial charge in [0.25, 0.3) is 0 Å². The van der Waals surface area contributed by atoms with Crippen LogP contribution in [-0.2, 0) is 0 Å². The first-order valence-corrected chi connectivity index (χ1v) is 8.02. The van der Waals surface area contributed by atoms with E-state index in [9.17, 15) is 4.79 Å². The molecule has 0 spiro atoms. The third-order valence-corrected chi connectivity index (χ3v) is 4.54. The van der Waals surface area contributed by atoms with Crippen LogP contribution in [0.2, 0.25) is 10.0 Å². The van der Waals surface area contributed by atoms with E-state index in [1.165, 1.54) is 0 Å². The summed E-state index contributed by atoms with van der Waals surface area (Å²) in [5.41, 5.74) is 0.593. The number of urea groups is 1. The van der Waals surface area contributed by atoms with Gasteiger partial charge in [0.1, 0.15) is 0 Å². The summed E-state index contributed by atoms with van der Waals surface area (Å²) < 4.78 is 0. The van der Waals surface area contributed by atoms with Crippen molar-refractivity contribution in [3.05, 3.63) is 28.2 Å². The summed E-state index contributed by atoms with van der Waals surface area (Å²) in [6.45, 7) is 7.71. The molecule has 0 radical (unpaired) electrons. The van der Waals surface area contributed by atoms with Crippen LogP contribution in [0.15, 0.2) is 18.2 Å². The lowest BCUT2D eigenvalue weighted by atomic mass is 10.2. The highest BCUT2D eigenvalue weighted by Gasteiger charge is 2.23. The maximum absolute atomic E-state index is 12.3. The van der Waals surface area contributed by atoms with Gasteiger partial charge in [-0.15, -0.1) is 0 Å². The van der Waals surface area contributed by atoms with Crippen LogP contribution in [0.1, 0.15) is 20.3 Å². The quantitative estimate of drug-likeness (QED) is 0.911. The topological polar surface area (TPSA) is 35.6 Å². The molecule has 1 atom stereocenters. The van der Waals surface area contributed by atoms with E-state index in [-0.39, 0.29) is 6.03 Å². The highest BCUT2D eigenvalue weighted by Crippen LogP contribution is 2.25. The first kappa shape index (κ1) is 16.4. The minimum atomic E-state index is -0.108. The van der Waals surface area contributed by atoms with Crippen LogP contribution in [-0.4, -0.2) is 48.1 Å². The minimum Gasteiger partial charge on any atom is -0.322 e. The first-order chi connectivity index (χ1) is 10.0. The van der Waals surface area contributed by atoms with Gasteiger partial charge >= 0.3 is 6.03 Å². The number of piperazine rings is 1. The van der Waals surface area contributed by atoms with Gasteiger partial charge in [0.05, 0.1) is 10.7 Å². The summed E-state index contributed by atoms with van der Waals surface area (Å²) in [6, 6.07) is 5.52. The number of halogens is 2. The summed E-state index contributed by atoms with van der Waals surface area (Å²) in [5.74, 6) is 0. The van der Waals surface area contributed by atoms with Crippen LogP contribution in [0.25, 0.3) is 0 Å². The second-order valence-electron chi connectivity index (χ2n) is 5.33. The van der Waals surface area contributed by atoms with Gasteiger partial charge in [0.2, 0.25) is 0 Å². The number of rotatable bonds is 3. The SMILES string of the molecule is CCC(C)N1CCN(C(=O)Nc2ccc(Cl)cc2Cl)CC1. The molecule has 1 aromatic carbocycles. The fourth-order valence-electron chi connectivity index (χ4n) is 2.41. The lowest BCUT2D eigenvalue weighted by molar-refractivity contribution is 0.117. The number of carbonyl (C=O) groups is 1. The van der Waals surface area contributed by atoms with Crippen LogP contribution in [0.5, 0.6) is 0 Å². The van der Waals surface area contributed by atoms with Gasteiger partial charge in [-0.05, 0) is 31.5 Å². The molecule has 2 rings (SSSR count). The summed E-state index contributed by atoms with van der Waals surface area (Å²) in [6.07, 6.45) is 1.13. The molecule has 1 unspecified atom stereocenters. The fraction of sp³-hybridized carbons (Fsp3) is 0.533. The Hall–Kier alpha value is -0.970. The lowest BCUT2D eigenvalue weighted by Crippen LogP contribution is -2.52. The zero-order chi connectivity index (χ0) is 15.4. The summed E-state index contributed by atoms with van der Waals surface area (Å²) in [5, 5.41) is 3.85. The van der Waals surface area contributed by atoms with Gasteiger partial charge in [0.15, 0.2) is 0 Å². The standard InChI is InChI=1S/C15H21Cl2N3O/c1-3-11(2)19-6-8-20(9-7-19)15(21)18-14-5-4-12(16)10-13(14)17/h4-5,10-11H,3,6-9H2,1-2H3,(H,18,21). The van der Waals surface area contributed by atoms with E-state index in [2.05, 4.69) is 24.1 Å². The van der Waals surface area contributed by atoms with Crippen molar-refractivity contribution in [2.45, 2.75) is 26.3 Å². The molecule has 116 valence electrons. The number of anilines is 1. The van der Waals surface area contributed by atoms with Gasteiger partial charge in [0, 0.05) is 37.2 Å². The largest absolute Gasteiger partial charge is 0.322 e. The maximum Gasteiger partial charge on any atom is 0.321 e. The van der Waals surface area contributed by atoms with E-state index in [1.54, 1.807) is 18.2 Å². The zero-order valence-corrected chi connectivity index (χ0v) is 13.9. The van der Waals surface area contributed by atoms with Crippen molar-refractivity contribution in [1.82, 2.24) is 9.80 Å². The summed E-state index contributed by atoms with van der Waals surface area (Å²) >= 11 is 11.9. The first-order valence-electron chi connectivity index (χ1n) is 7.26. The molecule has 1 heterocycles. The molecule has 6 heteroatoms. The molecule has 1 fully saturated rings. The van der Waals surface area contributed by atoms with Crippen LogP contribution < -0.4 is 5.32 Å². The Morgan fingerprint density at radius 1 is 1.29 bits per heavy atom. The maximum atomic E-state index is 12.3. The van der Waals surface area contributed by atoms with Crippen molar-refractivity contribution in [3.63, 3.8) is 0 Å². The van der Waals surface area contributed by atoms with Crippen molar-refractivity contribution in [1.29, 1.82) is 0 Å². The Kier molecular flexibility index (Phi) is 5.73. The Balaban J connectivity index is 1.90. The van der Waals surface area contributed by atoms with Gasteiger partial charge in [-0.2, -0.15) is 0 Å². The van der Waals surface area contributed by atoms with Gasteiger partial charge in [-0.3, -0.25) is 4.90 Å². The molecule has 4 nitrogen and oxygen atoms in total. The second-order valence-corrected chi connectivity index (χ2v) is 6.18. The molecule has 1 aromatic rings. The van der Waals surface area contributed by atoms with Gasteiger partial charge < -0.3 is 10.2 Å². The monoisotopic (exact) mass is 329 g/mol. The molecule has 1 saturated heterocycles. The van der Waals surface area contributed by atoms with E-state index in [0.29, 0.717) is 21.8 Å². The molecule has 1 aliphatic heterocycles. The number of hydrogen-bond donors (Lipinski definition) is 1. The number of nitrogens with zero attached hydrogens (tertiary/aromatic N) is 2. The molecule has 0 saturated carbocycles. The molecular formula is C15H21Cl2N3O. The van der Waals surface area contributed by atoms with Crippen LogP contribution >= 0.6 is 23.2 Å². The third-order valence-electron chi connectivity index (χ3n) is 3.99. The Labute approximate surface area is 136 Å². The van der Waals surface area contributed by atoms with E-state index < -0.39 is 0 Å². The van der Waals surface area contributed by atoms with Gasteiger partial charge in [-0.25, -0.2) is 4.79 Å². The summed E-state index contributed by atoms with van der Waals surface area (Å²) in [4.78, 5) is 16.5. The van der Waals surface area contributed by atoms with Crippen molar-refractivity contribution < 1.29 is 4.79 Å². The highest BCUT2D eigenvalue weighted by molar-refractivity contribution is 6.36. The van der Waals surface area contributed by atoms with Crippen LogP contribution in [0.3, 0.4) is 0 Å². The molecule has 21 heavy (non-hydrogen) atoms. The Morgan fingerprint density at radius 2 is 1.95 bits per heavy atom. The predicted molar refractivity (Wildman–Crippen MR) is 88.4 cm³/mol. The second kappa shape index (κ2) is 7.34. The molecule has 1 aliphatic rings. The van der Waals surface area contributed by atoms with E-state index in [0.717, 1.165) is 32.6 Å². The van der Waals surface area contributed by atoms with E-state index >= 15 is 0 Å². The van der Waals surface area contributed by atoms with Crippen molar-refractivity contribution in [2.24, 2.45) is 0 Å². The number of amides is 2. The molecule has 0 aliphatic carbocycles. The molecule has 0 aromatic heterocycles. The molecular weight excluding hydrogens is 309 g/mol. The fourth-order valence-corrected chi connectivity index (χ4v) is 2.86. The normalized spacial score (nSPS) is 17.6. The zero-order valence-electron chi connectivity index (χ0n) is 12.4. The number of hydrogen-bond acceptors (Lipinski definition) is 2. The number of carbonyl (C=O) groups excluding carboxylic acids is 1. The van der Waals surface area contributed by atoms with Crippen molar-refractivity contribution in [2.75, 3.05) is 31.5 Å². The smallest absolute Gasteiger partial charge is 0.321 e. The molecule has 1 N–H and O–H groups in total. The molecule has 0 bridgehead atoms. The third kappa shape index (κ3) is 4.25. The number of nitrogens with one attached hydrogen (secondary N) is 1. The van der Waals surface area contributed by atoms with Crippen molar-refractivity contribution in [3.8, 4) is 0 Å². The van der Waals surface area contributed by atoms with Crippen LogP contribution in [0, 0.1) is 0 Å². The van der Waals surface area contributed by atoms with E-state index in [4.69, 9.17) is 23.2 Å². The Bertz CT molecular complexity index is 502. The molecule has 2 amide bonds. The van der Waals surface area contributed by atoms with E-state index in [1.807, 2.05) is 4.90 Å². The average molecular weight is 330 g/mol. The van der Waals surface area contributed by atoms with Crippen LogP contribution in [0.4, 0.5) is 10.5 Å². The Morgan fingerprint density at radius 3 is 2.52 bits per heavy atom. The minimum absolute atomic E-state index is 0.108. The predicted octanol–water partition coefficient (Wildman–Crippen LogP) is 3.94.